The number of rotatable bonds is 3. The van der Waals surface area contributed by atoms with Crippen molar-refractivity contribution in [1.29, 1.82) is 0 Å². The van der Waals surface area contributed by atoms with E-state index in [1.807, 2.05) is 38.2 Å². The maximum Gasteiger partial charge on any atom is 0.234 e. The molecule has 0 saturated heterocycles. The van der Waals surface area contributed by atoms with Gasteiger partial charge in [0, 0.05) is 11.1 Å². The van der Waals surface area contributed by atoms with Gasteiger partial charge < -0.3 is 10.6 Å². The van der Waals surface area contributed by atoms with E-state index in [1.54, 1.807) is 0 Å². The molecular weight excluding hydrogens is 332 g/mol. The Kier molecular flexibility index (Phi) is 3.36. The Bertz CT molecular complexity index is 805. The molecule has 25 heavy (non-hydrogen) atoms. The van der Waals surface area contributed by atoms with E-state index in [9.17, 15) is 4.79 Å². The van der Waals surface area contributed by atoms with Crippen LogP contribution >= 0.6 is 11.6 Å². The molecule has 132 valence electrons. The molecule has 3 nitrogen and oxygen atoms in total. The summed E-state index contributed by atoms with van der Waals surface area (Å²) < 4.78 is 0. The summed E-state index contributed by atoms with van der Waals surface area (Å²) in [5, 5.41) is 7.84. The summed E-state index contributed by atoms with van der Waals surface area (Å²) in [6.07, 6.45) is 2.71. The molecule has 1 heterocycles. The molecule has 3 aliphatic rings. The minimum absolute atomic E-state index is 0.0365. The highest BCUT2D eigenvalue weighted by Crippen LogP contribution is 2.82. The second-order valence-corrected chi connectivity index (χ2v) is 8.45. The number of hydrogen-bond donors (Lipinski definition) is 1. The van der Waals surface area contributed by atoms with Gasteiger partial charge in [-0.05, 0) is 42.2 Å². The first-order valence-electron chi connectivity index (χ1n) is 8.78. The normalized spacial score (nSPS) is 44.0. The van der Waals surface area contributed by atoms with Crippen LogP contribution in [0.1, 0.15) is 25.8 Å². The van der Waals surface area contributed by atoms with Crippen LogP contribution in [0.5, 0.6) is 0 Å². The van der Waals surface area contributed by atoms with E-state index in [0.29, 0.717) is 0 Å². The van der Waals surface area contributed by atoms with Crippen LogP contribution in [0.4, 0.5) is 5.69 Å². The number of likely N-dealkylation sites (N-methyl/N-ethyl adjacent to an activating group) is 1. The summed E-state index contributed by atoms with van der Waals surface area (Å²) in [6, 6.07) is 7.97. The van der Waals surface area contributed by atoms with Crippen LogP contribution in [0.2, 0.25) is 0 Å². The fourth-order valence-electron chi connectivity index (χ4n) is 5.97. The quantitative estimate of drug-likeness (QED) is 0.622. The lowest BCUT2D eigenvalue weighted by atomic mass is 9.65. The highest BCUT2D eigenvalue weighted by atomic mass is 35.5. The zero-order chi connectivity index (χ0) is 18.2. The number of alkyl halides is 1. The van der Waals surface area contributed by atoms with E-state index in [1.165, 1.54) is 0 Å². The van der Waals surface area contributed by atoms with Crippen LogP contribution in [-0.4, -0.2) is 23.9 Å². The van der Waals surface area contributed by atoms with Crippen LogP contribution in [0, 0.1) is 17.3 Å². The molecular formula is C21H24ClN2O-. The lowest BCUT2D eigenvalue weighted by Gasteiger charge is -2.54. The molecule has 1 aromatic rings. The predicted octanol–water partition coefficient (Wildman–Crippen LogP) is 4.64. The van der Waals surface area contributed by atoms with Gasteiger partial charge in [0.1, 0.15) is 0 Å². The lowest BCUT2D eigenvalue weighted by Crippen LogP contribution is -2.49. The number of allylic oxidation sites excluding steroid dienone is 1. The number of nitrogens with one attached hydrogen (secondary N) is 1. The summed E-state index contributed by atoms with van der Waals surface area (Å²) in [5.41, 5.74) is 1.27. The smallest absolute Gasteiger partial charge is 0.234 e. The summed E-state index contributed by atoms with van der Waals surface area (Å²) in [7, 11) is 1.82. The van der Waals surface area contributed by atoms with Crippen LogP contribution in [0.3, 0.4) is 0 Å². The second kappa shape index (κ2) is 4.99. The summed E-state index contributed by atoms with van der Waals surface area (Å²) >= 11 is 6.89. The van der Waals surface area contributed by atoms with Crippen LogP contribution in [-0.2, 0) is 10.2 Å². The number of fused-ring (bicyclic) bond motifs is 5. The Morgan fingerprint density at radius 3 is 2.72 bits per heavy atom. The van der Waals surface area contributed by atoms with Crippen molar-refractivity contribution in [2.45, 2.75) is 36.6 Å². The average Bonchev–Trinajstić information content (AvgIpc) is 3.13. The fourth-order valence-corrected chi connectivity index (χ4v) is 6.42. The molecule has 6 atom stereocenters. The molecule has 4 rings (SSSR count). The van der Waals surface area contributed by atoms with E-state index in [2.05, 4.69) is 31.5 Å². The Morgan fingerprint density at radius 1 is 1.44 bits per heavy atom. The number of amides is 1. The van der Waals surface area contributed by atoms with Gasteiger partial charge in [0.05, 0.1) is 5.41 Å². The van der Waals surface area contributed by atoms with Gasteiger partial charge in [0.15, 0.2) is 0 Å². The van der Waals surface area contributed by atoms with Gasteiger partial charge in [-0.2, -0.15) is 7.05 Å². The largest absolute Gasteiger partial charge is 0.657 e. The average molecular weight is 356 g/mol. The molecule has 2 aliphatic carbocycles. The number of hydrogen-bond acceptors (Lipinski definition) is 1. The van der Waals surface area contributed by atoms with E-state index < -0.39 is 16.4 Å². The minimum Gasteiger partial charge on any atom is -0.657 e. The van der Waals surface area contributed by atoms with Crippen LogP contribution in [0.15, 0.2) is 49.1 Å². The monoisotopic (exact) mass is 355 g/mol. The van der Waals surface area contributed by atoms with Crippen molar-refractivity contribution < 1.29 is 4.79 Å². The summed E-state index contributed by atoms with van der Waals surface area (Å²) in [5.74, 6) is 0.259. The Balaban J connectivity index is 2.03. The van der Waals surface area contributed by atoms with Crippen molar-refractivity contribution in [3.8, 4) is 0 Å². The maximum atomic E-state index is 13.3. The highest BCUT2D eigenvalue weighted by Gasteiger charge is 2.84. The number of nitrogens with zero attached hydrogens (tertiary/aromatic N) is 1. The SMILES string of the molecule is C=CC1(C)C(Cl)CC(C(=C)C)C2C3(C(=O)Nc4ccccc43)C21[N-]C. The molecule has 4 heteroatoms. The molecule has 6 unspecified atom stereocenters. The summed E-state index contributed by atoms with van der Waals surface area (Å²) in [6.45, 7) is 12.4. The summed E-state index contributed by atoms with van der Waals surface area (Å²) in [4.78, 5) is 13.3. The van der Waals surface area contributed by atoms with Gasteiger partial charge in [0.2, 0.25) is 5.91 Å². The number of anilines is 1. The minimum atomic E-state index is -0.686. The van der Waals surface area contributed by atoms with Crippen molar-refractivity contribution in [2.24, 2.45) is 17.3 Å². The van der Waals surface area contributed by atoms with Crippen molar-refractivity contribution in [2.75, 3.05) is 12.4 Å². The first kappa shape index (κ1) is 16.9. The van der Waals surface area contributed by atoms with Gasteiger partial charge in [0.25, 0.3) is 0 Å². The standard InChI is InChI=1S/C21H24ClN2O/c1-6-19(4)16(22)11-13(12(2)3)17-20(21(17,19)23-5)14-9-7-8-10-15(14)24-18(20)25/h6-10,13,16-17H,1-2,11H2,3-5H3,(H,24,25)/q-1. The Morgan fingerprint density at radius 2 is 2.12 bits per heavy atom. The van der Waals surface area contributed by atoms with Crippen molar-refractivity contribution in [3.05, 3.63) is 60.0 Å². The van der Waals surface area contributed by atoms with Gasteiger partial charge in [-0.3, -0.25) is 4.79 Å². The van der Waals surface area contributed by atoms with E-state index >= 15 is 0 Å². The van der Waals surface area contributed by atoms with Gasteiger partial charge in [-0.1, -0.05) is 48.9 Å². The first-order chi connectivity index (χ1) is 11.8. The first-order valence-corrected chi connectivity index (χ1v) is 9.21. The van der Waals surface area contributed by atoms with E-state index in [0.717, 1.165) is 23.2 Å². The number of para-hydroxylation sites is 1. The third-order valence-corrected chi connectivity index (χ3v) is 7.77. The Hall–Kier alpha value is -1.58. The molecule has 2 saturated carbocycles. The third kappa shape index (κ3) is 1.56. The number of carbonyl (C=O) groups excluding carboxylic acids is 1. The topological polar surface area (TPSA) is 43.2 Å². The molecule has 0 aromatic heterocycles. The molecule has 2 fully saturated rings. The van der Waals surface area contributed by atoms with Crippen molar-refractivity contribution in [1.82, 2.24) is 0 Å². The van der Waals surface area contributed by atoms with E-state index in [-0.39, 0.29) is 23.1 Å². The fraction of sp³-hybridized carbons (Fsp3) is 0.476. The van der Waals surface area contributed by atoms with Gasteiger partial charge >= 0.3 is 0 Å². The zero-order valence-corrected chi connectivity index (χ0v) is 15.7. The van der Waals surface area contributed by atoms with Crippen molar-refractivity contribution in [3.63, 3.8) is 0 Å². The molecule has 1 spiro atoms. The van der Waals surface area contributed by atoms with Crippen LogP contribution in [0.25, 0.3) is 5.32 Å². The van der Waals surface area contributed by atoms with E-state index in [4.69, 9.17) is 16.9 Å². The Labute approximate surface area is 154 Å². The predicted molar refractivity (Wildman–Crippen MR) is 103 cm³/mol. The van der Waals surface area contributed by atoms with Gasteiger partial charge in [-0.15, -0.1) is 18.2 Å². The number of benzene rings is 1. The molecule has 1 aromatic carbocycles. The molecule has 1 amide bonds. The number of carbonyl (C=O) groups is 1. The number of halogens is 1. The van der Waals surface area contributed by atoms with Crippen LogP contribution < -0.4 is 5.32 Å². The molecule has 1 aliphatic heterocycles. The molecule has 0 radical (unpaired) electrons. The zero-order valence-electron chi connectivity index (χ0n) is 15.0. The lowest BCUT2D eigenvalue weighted by molar-refractivity contribution is -0.118. The third-order valence-electron chi connectivity index (χ3n) is 7.14. The second-order valence-electron chi connectivity index (χ2n) is 7.92. The molecule has 1 N–H and O–H groups in total. The molecule has 0 bridgehead atoms. The van der Waals surface area contributed by atoms with Crippen molar-refractivity contribution >= 4 is 23.2 Å². The highest BCUT2D eigenvalue weighted by molar-refractivity contribution is 6.22. The van der Waals surface area contributed by atoms with Gasteiger partial charge in [-0.25, -0.2) is 0 Å². The maximum absolute atomic E-state index is 13.3.